The predicted octanol–water partition coefficient (Wildman–Crippen LogP) is 15.5. The summed E-state index contributed by atoms with van der Waals surface area (Å²) in [6, 6.07) is 54.0. The van der Waals surface area contributed by atoms with Crippen molar-refractivity contribution in [1.82, 2.24) is 9.97 Å². The number of rotatable bonds is 6. The first-order valence-corrected chi connectivity index (χ1v) is 21.9. The molecule has 63 heavy (non-hydrogen) atoms. The molecule has 0 amide bonds. The third-order valence-corrected chi connectivity index (χ3v) is 12.5. The lowest BCUT2D eigenvalue weighted by Gasteiger charge is -2.28. The largest absolute Gasteiger partial charge is 0.457 e. The van der Waals surface area contributed by atoms with E-state index >= 15 is 0 Å². The van der Waals surface area contributed by atoms with Crippen molar-refractivity contribution in [1.29, 1.82) is 0 Å². The zero-order valence-corrected chi connectivity index (χ0v) is 37.4. The number of anilines is 7. The number of para-hydroxylation sites is 3. The minimum atomic E-state index is -0.0450. The molecule has 2 aromatic heterocycles. The lowest BCUT2D eigenvalue weighted by molar-refractivity contribution is 0.483. The highest BCUT2D eigenvalue weighted by atomic mass is 16.5. The number of aromatic nitrogens is 2. The first kappa shape index (κ1) is 39.9. The number of pyridine rings is 2. The summed E-state index contributed by atoms with van der Waals surface area (Å²) < 4.78 is 6.82. The molecule has 10 rings (SSSR count). The zero-order valence-electron chi connectivity index (χ0n) is 37.4. The van der Waals surface area contributed by atoms with Gasteiger partial charge >= 0.3 is 0 Å². The predicted molar refractivity (Wildman–Crippen MR) is 262 cm³/mol. The van der Waals surface area contributed by atoms with Crippen LogP contribution in [0, 0.1) is 13.8 Å². The van der Waals surface area contributed by atoms with Gasteiger partial charge in [-0.1, -0.05) is 114 Å². The summed E-state index contributed by atoms with van der Waals surface area (Å²) in [5, 5.41) is 0. The van der Waals surface area contributed by atoms with Crippen LogP contribution in [0.3, 0.4) is 0 Å². The minimum Gasteiger partial charge on any atom is -0.457 e. The van der Waals surface area contributed by atoms with Crippen LogP contribution in [0.15, 0.2) is 164 Å². The standard InChI is InChI=1S/C57H53N5O/c1-37-30-41(57(6,7)8)31-38(2)55(37)39-24-27-53(59-35-39)61-36-60(50-22-13-14-23-51(50)61)42-16-15-17-43(33-42)63-44-25-26-48-46-19-10-9-18-45(46)47-20-11-12-21-49(47)62(52(48)34-44)54-32-40(28-29-58-54)56(3,4)5/h9-35H,36H2,1-8H3. The molecule has 0 unspecified atom stereocenters. The number of benzene rings is 6. The Hall–Kier alpha value is -7.18. The van der Waals surface area contributed by atoms with Crippen molar-refractivity contribution in [3.63, 3.8) is 0 Å². The van der Waals surface area contributed by atoms with Gasteiger partial charge in [-0.2, -0.15) is 0 Å². The molecule has 6 heteroatoms. The Morgan fingerprint density at radius 3 is 1.76 bits per heavy atom. The van der Waals surface area contributed by atoms with Gasteiger partial charge in [0.2, 0.25) is 0 Å². The number of aryl methyl sites for hydroxylation is 2. The number of hydrogen-bond acceptors (Lipinski definition) is 6. The second-order valence-electron chi connectivity index (χ2n) is 19.0. The quantitative estimate of drug-likeness (QED) is 0.166. The lowest BCUT2D eigenvalue weighted by Crippen LogP contribution is -2.24. The maximum atomic E-state index is 6.82. The molecular formula is C57H53N5O. The second-order valence-corrected chi connectivity index (χ2v) is 19.0. The van der Waals surface area contributed by atoms with Crippen LogP contribution in [0.25, 0.3) is 33.4 Å². The van der Waals surface area contributed by atoms with Gasteiger partial charge in [0.1, 0.15) is 29.8 Å². The average Bonchev–Trinajstić information content (AvgIpc) is 3.61. The van der Waals surface area contributed by atoms with Crippen molar-refractivity contribution in [3.05, 3.63) is 186 Å². The third-order valence-electron chi connectivity index (χ3n) is 12.5. The molecule has 0 radical (unpaired) electrons. The van der Waals surface area contributed by atoms with Gasteiger partial charge in [-0.15, -0.1) is 0 Å². The molecule has 0 spiro atoms. The Balaban J connectivity index is 0.978. The molecule has 0 saturated heterocycles. The number of fused-ring (bicyclic) bond motifs is 6. The molecule has 6 nitrogen and oxygen atoms in total. The SMILES string of the molecule is Cc1cc(C(C)(C)C)cc(C)c1-c1ccc(N2CN(c3cccc(Oc4ccc5c(c4)N(c4cc(C(C)(C)C)ccn4)c4ccccc4-c4ccccc4-5)c3)c3ccccc32)nc1. The van der Waals surface area contributed by atoms with Gasteiger partial charge in [-0.25, -0.2) is 9.97 Å². The number of hydrogen-bond donors (Lipinski definition) is 0. The van der Waals surface area contributed by atoms with E-state index in [9.17, 15) is 0 Å². The van der Waals surface area contributed by atoms with E-state index in [-0.39, 0.29) is 10.8 Å². The van der Waals surface area contributed by atoms with Gasteiger partial charge in [-0.3, -0.25) is 4.90 Å². The minimum absolute atomic E-state index is 0.0450. The van der Waals surface area contributed by atoms with Crippen LogP contribution in [0.5, 0.6) is 11.5 Å². The summed E-state index contributed by atoms with van der Waals surface area (Å²) >= 11 is 0. The van der Waals surface area contributed by atoms with E-state index in [0.29, 0.717) is 6.67 Å². The molecule has 6 aromatic carbocycles. The summed E-state index contributed by atoms with van der Waals surface area (Å²) in [6.07, 6.45) is 3.96. The highest BCUT2D eigenvalue weighted by molar-refractivity contribution is 6.02. The van der Waals surface area contributed by atoms with Crippen molar-refractivity contribution >= 4 is 40.1 Å². The van der Waals surface area contributed by atoms with E-state index in [2.05, 4.69) is 216 Å². The first-order valence-electron chi connectivity index (χ1n) is 21.9. The van der Waals surface area contributed by atoms with Crippen molar-refractivity contribution in [2.24, 2.45) is 0 Å². The maximum Gasteiger partial charge on any atom is 0.137 e. The Bertz CT molecular complexity index is 3010. The fraction of sp³-hybridized carbons (Fsp3) is 0.193. The average molecular weight is 824 g/mol. The van der Waals surface area contributed by atoms with Crippen LogP contribution in [-0.2, 0) is 10.8 Å². The summed E-state index contributed by atoms with van der Waals surface area (Å²) in [5.41, 5.74) is 17.5. The van der Waals surface area contributed by atoms with E-state index in [1.54, 1.807) is 0 Å². The summed E-state index contributed by atoms with van der Waals surface area (Å²) in [5.74, 6) is 3.27. The van der Waals surface area contributed by atoms with E-state index < -0.39 is 0 Å². The van der Waals surface area contributed by atoms with E-state index in [0.717, 1.165) is 68.3 Å². The summed E-state index contributed by atoms with van der Waals surface area (Å²) in [6.45, 7) is 18.6. The molecule has 312 valence electrons. The molecule has 0 N–H and O–H groups in total. The smallest absolute Gasteiger partial charge is 0.137 e. The highest BCUT2D eigenvalue weighted by Gasteiger charge is 2.31. The highest BCUT2D eigenvalue weighted by Crippen LogP contribution is 2.52. The summed E-state index contributed by atoms with van der Waals surface area (Å²) in [4.78, 5) is 17.0. The fourth-order valence-electron chi connectivity index (χ4n) is 9.25. The Kier molecular flexibility index (Phi) is 9.71. The molecule has 4 heterocycles. The van der Waals surface area contributed by atoms with Gasteiger partial charge in [0.25, 0.3) is 0 Å². The van der Waals surface area contributed by atoms with Gasteiger partial charge < -0.3 is 14.5 Å². The van der Waals surface area contributed by atoms with E-state index in [4.69, 9.17) is 14.7 Å². The third kappa shape index (κ3) is 7.29. The van der Waals surface area contributed by atoms with Gasteiger partial charge in [0.05, 0.1) is 22.7 Å². The lowest BCUT2D eigenvalue weighted by atomic mass is 9.83. The Morgan fingerprint density at radius 2 is 1.10 bits per heavy atom. The monoisotopic (exact) mass is 823 g/mol. The number of nitrogens with zero attached hydrogens (tertiary/aromatic N) is 5. The topological polar surface area (TPSA) is 44.7 Å². The first-order chi connectivity index (χ1) is 30.3. The Morgan fingerprint density at radius 1 is 0.476 bits per heavy atom. The van der Waals surface area contributed by atoms with Gasteiger partial charge in [0.15, 0.2) is 0 Å². The van der Waals surface area contributed by atoms with Crippen molar-refractivity contribution in [2.45, 2.75) is 66.2 Å². The normalized spacial score (nSPS) is 13.2. The molecule has 0 fully saturated rings. The van der Waals surface area contributed by atoms with Crippen LogP contribution in [0.2, 0.25) is 0 Å². The maximum absolute atomic E-state index is 6.82. The van der Waals surface area contributed by atoms with Crippen LogP contribution in [0.1, 0.15) is 63.8 Å². The molecule has 0 aliphatic carbocycles. The number of ether oxygens (including phenoxy) is 1. The molecule has 0 atom stereocenters. The second kappa shape index (κ2) is 15.3. The summed E-state index contributed by atoms with van der Waals surface area (Å²) in [7, 11) is 0. The van der Waals surface area contributed by atoms with E-state index in [1.807, 2.05) is 18.5 Å². The Labute approximate surface area is 372 Å². The zero-order chi connectivity index (χ0) is 43.6. The molecule has 2 aliphatic heterocycles. The van der Waals surface area contributed by atoms with E-state index in [1.165, 1.54) is 38.9 Å². The van der Waals surface area contributed by atoms with Crippen LogP contribution in [-0.4, -0.2) is 16.6 Å². The molecule has 0 saturated carbocycles. The van der Waals surface area contributed by atoms with Crippen molar-refractivity contribution in [2.75, 3.05) is 21.4 Å². The van der Waals surface area contributed by atoms with Crippen molar-refractivity contribution in [3.8, 4) is 44.9 Å². The fourth-order valence-corrected chi connectivity index (χ4v) is 9.25. The molecule has 8 aromatic rings. The molecule has 0 bridgehead atoms. The van der Waals surface area contributed by atoms with Gasteiger partial charge in [-0.05, 0) is 130 Å². The molecular weight excluding hydrogens is 771 g/mol. The van der Waals surface area contributed by atoms with Crippen LogP contribution in [0.4, 0.5) is 40.1 Å². The van der Waals surface area contributed by atoms with Crippen LogP contribution >= 0.6 is 0 Å². The van der Waals surface area contributed by atoms with Gasteiger partial charge in [0, 0.05) is 46.9 Å². The molecule has 2 aliphatic rings. The van der Waals surface area contributed by atoms with Crippen molar-refractivity contribution < 1.29 is 4.74 Å². The van der Waals surface area contributed by atoms with Crippen LogP contribution < -0.4 is 19.4 Å².